The molecule has 0 saturated carbocycles. The van der Waals surface area contributed by atoms with Gasteiger partial charge in [0.1, 0.15) is 5.82 Å². The van der Waals surface area contributed by atoms with Gasteiger partial charge >= 0.3 is 0 Å². The van der Waals surface area contributed by atoms with Crippen LogP contribution in [-0.4, -0.2) is 16.6 Å². The largest absolute Gasteiger partial charge is 0.392 e. The zero-order valence-corrected chi connectivity index (χ0v) is 7.95. The summed E-state index contributed by atoms with van der Waals surface area (Å²) in [5.74, 6) is 0.804. The van der Waals surface area contributed by atoms with Crippen molar-refractivity contribution in [2.24, 2.45) is 0 Å². The Morgan fingerprint density at radius 3 is 3.08 bits per heavy atom. The lowest BCUT2D eigenvalue weighted by molar-refractivity contribution is 0.282. The molecule has 0 amide bonds. The van der Waals surface area contributed by atoms with E-state index in [1.807, 2.05) is 12.1 Å². The molecular formula is C10H16N2O. The fraction of sp³-hybridized carbons (Fsp3) is 0.500. The number of hydrogen-bond acceptors (Lipinski definition) is 3. The molecule has 13 heavy (non-hydrogen) atoms. The summed E-state index contributed by atoms with van der Waals surface area (Å²) < 4.78 is 0. The highest BCUT2D eigenvalue weighted by molar-refractivity contribution is 5.42. The van der Waals surface area contributed by atoms with Crippen molar-refractivity contribution in [3.05, 3.63) is 23.9 Å². The first kappa shape index (κ1) is 9.99. The van der Waals surface area contributed by atoms with E-state index in [9.17, 15) is 0 Å². The molecule has 1 aromatic rings. The van der Waals surface area contributed by atoms with Crippen LogP contribution in [0.4, 0.5) is 5.82 Å². The van der Waals surface area contributed by atoms with Crippen LogP contribution in [0.2, 0.25) is 0 Å². The Balaban J connectivity index is 2.54. The van der Waals surface area contributed by atoms with Crippen molar-refractivity contribution in [2.75, 3.05) is 11.9 Å². The van der Waals surface area contributed by atoms with Crippen molar-refractivity contribution in [1.82, 2.24) is 4.98 Å². The van der Waals surface area contributed by atoms with Gasteiger partial charge in [-0.25, -0.2) is 4.98 Å². The molecule has 2 N–H and O–H groups in total. The molecule has 1 heterocycles. The molecule has 0 unspecified atom stereocenters. The Morgan fingerprint density at radius 1 is 1.54 bits per heavy atom. The molecule has 3 heteroatoms. The van der Waals surface area contributed by atoms with Crippen LogP contribution in [0.1, 0.15) is 25.3 Å². The third kappa shape index (κ3) is 3.03. The molecule has 0 atom stereocenters. The Bertz CT molecular complexity index is 250. The van der Waals surface area contributed by atoms with Gasteiger partial charge in [-0.2, -0.15) is 0 Å². The second kappa shape index (κ2) is 5.54. The number of aliphatic hydroxyl groups excluding tert-OH is 1. The van der Waals surface area contributed by atoms with Gasteiger partial charge in [-0.15, -0.1) is 0 Å². The van der Waals surface area contributed by atoms with Gasteiger partial charge in [0.25, 0.3) is 0 Å². The monoisotopic (exact) mass is 180 g/mol. The molecule has 3 nitrogen and oxygen atoms in total. The van der Waals surface area contributed by atoms with Crippen LogP contribution in [0.15, 0.2) is 18.3 Å². The van der Waals surface area contributed by atoms with Gasteiger partial charge in [0.2, 0.25) is 0 Å². The van der Waals surface area contributed by atoms with E-state index in [2.05, 4.69) is 17.2 Å². The van der Waals surface area contributed by atoms with E-state index in [-0.39, 0.29) is 6.61 Å². The third-order valence-corrected chi connectivity index (χ3v) is 1.88. The maximum atomic E-state index is 8.99. The number of rotatable bonds is 5. The van der Waals surface area contributed by atoms with Gasteiger partial charge in [0.15, 0.2) is 0 Å². The van der Waals surface area contributed by atoms with Crippen LogP contribution in [0.3, 0.4) is 0 Å². The van der Waals surface area contributed by atoms with Gasteiger partial charge in [-0.05, 0) is 12.5 Å². The zero-order chi connectivity index (χ0) is 9.52. The zero-order valence-electron chi connectivity index (χ0n) is 7.95. The fourth-order valence-electron chi connectivity index (χ4n) is 1.11. The molecule has 1 rings (SSSR count). The molecule has 0 fully saturated rings. The van der Waals surface area contributed by atoms with Crippen molar-refractivity contribution in [2.45, 2.75) is 26.4 Å². The minimum atomic E-state index is 0.0439. The van der Waals surface area contributed by atoms with Crippen molar-refractivity contribution < 1.29 is 5.11 Å². The van der Waals surface area contributed by atoms with E-state index in [1.165, 1.54) is 0 Å². The lowest BCUT2D eigenvalue weighted by atomic mass is 10.2. The Hall–Kier alpha value is -1.09. The summed E-state index contributed by atoms with van der Waals surface area (Å²) in [6, 6.07) is 3.71. The van der Waals surface area contributed by atoms with E-state index < -0.39 is 0 Å². The first-order chi connectivity index (χ1) is 6.38. The van der Waals surface area contributed by atoms with Crippen molar-refractivity contribution in [3.63, 3.8) is 0 Å². The van der Waals surface area contributed by atoms with Gasteiger partial charge in [0.05, 0.1) is 6.61 Å². The van der Waals surface area contributed by atoms with E-state index >= 15 is 0 Å². The molecule has 0 spiro atoms. The van der Waals surface area contributed by atoms with Crippen LogP contribution >= 0.6 is 0 Å². The van der Waals surface area contributed by atoms with E-state index in [4.69, 9.17) is 5.11 Å². The van der Waals surface area contributed by atoms with Gasteiger partial charge in [-0.3, -0.25) is 0 Å². The average molecular weight is 180 g/mol. The van der Waals surface area contributed by atoms with Gasteiger partial charge < -0.3 is 10.4 Å². The maximum Gasteiger partial charge on any atom is 0.131 e. The number of anilines is 1. The molecule has 0 aliphatic carbocycles. The molecule has 1 aromatic heterocycles. The summed E-state index contributed by atoms with van der Waals surface area (Å²) in [7, 11) is 0. The fourth-order valence-corrected chi connectivity index (χ4v) is 1.11. The normalized spacial score (nSPS) is 10.0. The molecule has 72 valence electrons. The van der Waals surface area contributed by atoms with Crippen molar-refractivity contribution >= 4 is 5.82 Å². The van der Waals surface area contributed by atoms with Crippen LogP contribution in [-0.2, 0) is 6.61 Å². The number of nitrogens with zero attached hydrogens (tertiary/aromatic N) is 1. The molecule has 0 radical (unpaired) electrons. The van der Waals surface area contributed by atoms with E-state index in [0.717, 1.165) is 30.8 Å². The highest BCUT2D eigenvalue weighted by Crippen LogP contribution is 2.10. The maximum absolute atomic E-state index is 8.99. The Labute approximate surface area is 78.8 Å². The first-order valence-corrected chi connectivity index (χ1v) is 4.67. The summed E-state index contributed by atoms with van der Waals surface area (Å²) in [4.78, 5) is 4.15. The standard InChI is InChI=1S/C10H16N2O/c1-2-3-6-11-10-9(8-13)5-4-7-12-10/h4-5,7,13H,2-3,6,8H2,1H3,(H,11,12). The van der Waals surface area contributed by atoms with E-state index in [0.29, 0.717) is 0 Å². The molecule has 0 aromatic carbocycles. The van der Waals surface area contributed by atoms with Gasteiger partial charge in [0, 0.05) is 18.3 Å². The summed E-state index contributed by atoms with van der Waals surface area (Å²) >= 11 is 0. The Kier molecular flexibility index (Phi) is 4.26. The molecule has 0 aliphatic heterocycles. The van der Waals surface area contributed by atoms with Crippen LogP contribution < -0.4 is 5.32 Å². The average Bonchev–Trinajstić information content (AvgIpc) is 2.19. The number of aliphatic hydroxyl groups is 1. The minimum Gasteiger partial charge on any atom is -0.392 e. The predicted molar refractivity (Wildman–Crippen MR) is 53.6 cm³/mol. The third-order valence-electron chi connectivity index (χ3n) is 1.88. The second-order valence-electron chi connectivity index (χ2n) is 2.95. The SMILES string of the molecule is CCCCNc1ncccc1CO. The minimum absolute atomic E-state index is 0.0439. The predicted octanol–water partition coefficient (Wildman–Crippen LogP) is 1.79. The van der Waals surface area contributed by atoms with Gasteiger partial charge in [-0.1, -0.05) is 19.4 Å². The Morgan fingerprint density at radius 2 is 2.38 bits per heavy atom. The molecule has 0 saturated heterocycles. The highest BCUT2D eigenvalue weighted by atomic mass is 16.3. The number of hydrogen-bond donors (Lipinski definition) is 2. The molecule has 0 bridgehead atoms. The number of pyridine rings is 1. The number of aromatic nitrogens is 1. The van der Waals surface area contributed by atoms with E-state index in [1.54, 1.807) is 6.20 Å². The first-order valence-electron chi connectivity index (χ1n) is 4.67. The summed E-state index contributed by atoms with van der Waals surface area (Å²) in [5, 5.41) is 12.2. The quantitative estimate of drug-likeness (QED) is 0.679. The number of unbranched alkanes of at least 4 members (excludes halogenated alkanes) is 1. The van der Waals surface area contributed by atoms with Crippen LogP contribution in [0, 0.1) is 0 Å². The second-order valence-corrected chi connectivity index (χ2v) is 2.95. The lowest BCUT2D eigenvalue weighted by Crippen LogP contribution is -2.05. The number of nitrogens with one attached hydrogen (secondary N) is 1. The summed E-state index contributed by atoms with van der Waals surface area (Å²) in [6.45, 7) is 3.11. The summed E-state index contributed by atoms with van der Waals surface area (Å²) in [5.41, 5.74) is 0.860. The van der Waals surface area contributed by atoms with Crippen LogP contribution in [0.25, 0.3) is 0 Å². The summed E-state index contributed by atoms with van der Waals surface area (Å²) in [6.07, 6.45) is 4.02. The molecular weight excluding hydrogens is 164 g/mol. The van der Waals surface area contributed by atoms with Crippen molar-refractivity contribution in [3.8, 4) is 0 Å². The molecule has 0 aliphatic rings. The lowest BCUT2D eigenvalue weighted by Gasteiger charge is -2.07. The van der Waals surface area contributed by atoms with Crippen LogP contribution in [0.5, 0.6) is 0 Å². The smallest absolute Gasteiger partial charge is 0.131 e. The highest BCUT2D eigenvalue weighted by Gasteiger charge is 1.99. The van der Waals surface area contributed by atoms with Crippen molar-refractivity contribution in [1.29, 1.82) is 0 Å². The topological polar surface area (TPSA) is 45.2 Å².